The fraction of sp³-hybridized carbons (Fsp3) is 0.300. The van der Waals surface area contributed by atoms with Crippen LogP contribution in [0.25, 0.3) is 0 Å². The lowest BCUT2D eigenvalue weighted by Crippen LogP contribution is -2.28. The van der Waals surface area contributed by atoms with Gasteiger partial charge in [-0.3, -0.25) is 9.79 Å². The Balaban J connectivity index is 1.48. The van der Waals surface area contributed by atoms with Gasteiger partial charge in [0, 0.05) is 30.3 Å². The Hall–Kier alpha value is -3.22. The number of rotatable bonds is 5. The summed E-state index contributed by atoms with van der Waals surface area (Å²) in [4.78, 5) is 16.3. The fourth-order valence-corrected chi connectivity index (χ4v) is 2.66. The molecule has 4 N–H and O–H groups in total. The molecule has 0 unspecified atom stereocenters. The molecular formula is C20H24N4O3. The summed E-state index contributed by atoms with van der Waals surface area (Å²) in [6.45, 7) is 4.00. The monoisotopic (exact) mass is 368 g/mol. The number of hydrogen-bond donors (Lipinski definition) is 3. The van der Waals surface area contributed by atoms with Crippen molar-refractivity contribution in [3.05, 3.63) is 53.6 Å². The molecule has 142 valence electrons. The van der Waals surface area contributed by atoms with Crippen molar-refractivity contribution in [3.63, 3.8) is 0 Å². The molecule has 3 rings (SSSR count). The maximum Gasteiger partial charge on any atom is 0.251 e. The van der Waals surface area contributed by atoms with Crippen LogP contribution in [0.4, 0.5) is 5.69 Å². The molecular weight excluding hydrogens is 344 g/mol. The Labute approximate surface area is 158 Å². The van der Waals surface area contributed by atoms with Crippen LogP contribution in [0.1, 0.15) is 22.3 Å². The minimum atomic E-state index is -0.122. The summed E-state index contributed by atoms with van der Waals surface area (Å²) in [6, 6.07) is 13.0. The van der Waals surface area contributed by atoms with Crippen molar-refractivity contribution >= 4 is 17.6 Å². The molecule has 0 aromatic heterocycles. The molecule has 7 heteroatoms. The number of anilines is 1. The molecule has 0 aliphatic carbocycles. The summed E-state index contributed by atoms with van der Waals surface area (Å²) in [5, 5.41) is 5.85. The predicted molar refractivity (Wildman–Crippen MR) is 106 cm³/mol. The van der Waals surface area contributed by atoms with E-state index in [0.717, 1.165) is 23.4 Å². The van der Waals surface area contributed by atoms with E-state index in [-0.39, 0.29) is 11.9 Å². The van der Waals surface area contributed by atoms with E-state index in [0.29, 0.717) is 37.6 Å². The highest BCUT2D eigenvalue weighted by Crippen LogP contribution is 2.32. The molecule has 0 spiro atoms. The van der Waals surface area contributed by atoms with Crippen LogP contribution >= 0.6 is 0 Å². The van der Waals surface area contributed by atoms with Gasteiger partial charge in [-0.25, -0.2) is 0 Å². The van der Waals surface area contributed by atoms with Crippen molar-refractivity contribution in [1.82, 2.24) is 5.32 Å². The largest absolute Gasteiger partial charge is 0.490 e. The number of amides is 1. The van der Waals surface area contributed by atoms with Crippen molar-refractivity contribution in [2.24, 2.45) is 10.7 Å². The SMILES string of the molecule is Cc1cccc(C(=O)NCCN=C(N)Nc2ccc3c(c2)OCCCO3)c1. The summed E-state index contributed by atoms with van der Waals surface area (Å²) in [5.41, 5.74) is 8.36. The van der Waals surface area contributed by atoms with Gasteiger partial charge in [0.25, 0.3) is 5.91 Å². The molecule has 0 atom stereocenters. The Morgan fingerprint density at radius 3 is 2.78 bits per heavy atom. The molecule has 27 heavy (non-hydrogen) atoms. The number of aryl methyl sites for hydroxylation is 1. The first kappa shape index (κ1) is 18.6. The maximum absolute atomic E-state index is 12.1. The minimum absolute atomic E-state index is 0.122. The van der Waals surface area contributed by atoms with Gasteiger partial charge in [-0.05, 0) is 31.2 Å². The first-order valence-electron chi connectivity index (χ1n) is 8.93. The van der Waals surface area contributed by atoms with Gasteiger partial charge in [0.2, 0.25) is 0 Å². The number of fused-ring (bicyclic) bond motifs is 1. The van der Waals surface area contributed by atoms with Gasteiger partial charge in [0.1, 0.15) is 0 Å². The smallest absolute Gasteiger partial charge is 0.251 e. The fourth-order valence-electron chi connectivity index (χ4n) is 2.66. The number of nitrogens with zero attached hydrogens (tertiary/aromatic N) is 1. The van der Waals surface area contributed by atoms with Gasteiger partial charge < -0.3 is 25.8 Å². The zero-order valence-electron chi connectivity index (χ0n) is 15.3. The lowest BCUT2D eigenvalue weighted by molar-refractivity contribution is 0.0954. The normalized spacial score (nSPS) is 13.6. The number of nitrogens with two attached hydrogens (primary N) is 1. The third-order valence-corrected chi connectivity index (χ3v) is 3.98. The van der Waals surface area contributed by atoms with Crippen LogP contribution in [0.2, 0.25) is 0 Å². The zero-order valence-corrected chi connectivity index (χ0v) is 15.3. The molecule has 2 aromatic rings. The average molecular weight is 368 g/mol. The number of hydrogen-bond acceptors (Lipinski definition) is 4. The van der Waals surface area contributed by atoms with E-state index in [9.17, 15) is 4.79 Å². The Kier molecular flexibility index (Phi) is 6.14. The number of benzene rings is 2. The van der Waals surface area contributed by atoms with E-state index in [2.05, 4.69) is 15.6 Å². The topological polar surface area (TPSA) is 98.0 Å². The molecule has 0 fully saturated rings. The molecule has 0 bridgehead atoms. The number of carbonyl (C=O) groups excluding carboxylic acids is 1. The zero-order chi connectivity index (χ0) is 19.1. The number of carbonyl (C=O) groups is 1. The van der Waals surface area contributed by atoms with Crippen molar-refractivity contribution in [2.75, 3.05) is 31.6 Å². The lowest BCUT2D eigenvalue weighted by Gasteiger charge is -2.11. The number of aliphatic imine (C=N–C) groups is 1. The standard InChI is InChI=1S/C20H24N4O3/c1-14-4-2-5-15(12-14)19(25)22-8-9-23-20(21)24-16-6-7-17-18(13-16)27-11-3-10-26-17/h2,4-7,12-13H,3,8-11H2,1H3,(H,22,25)(H3,21,23,24). The molecule has 7 nitrogen and oxygen atoms in total. The molecule has 1 heterocycles. The quantitative estimate of drug-likeness (QED) is 0.427. The van der Waals surface area contributed by atoms with E-state index in [1.54, 1.807) is 6.07 Å². The lowest BCUT2D eigenvalue weighted by atomic mass is 10.1. The summed E-state index contributed by atoms with van der Waals surface area (Å²) in [5.74, 6) is 1.57. The highest BCUT2D eigenvalue weighted by molar-refractivity contribution is 5.94. The van der Waals surface area contributed by atoms with Gasteiger partial charge >= 0.3 is 0 Å². The van der Waals surface area contributed by atoms with E-state index in [1.165, 1.54) is 0 Å². The van der Waals surface area contributed by atoms with E-state index in [4.69, 9.17) is 15.2 Å². The number of nitrogens with one attached hydrogen (secondary N) is 2. The Bertz CT molecular complexity index is 836. The van der Waals surface area contributed by atoms with Crippen LogP contribution in [0.5, 0.6) is 11.5 Å². The summed E-state index contributed by atoms with van der Waals surface area (Å²) in [6.07, 6.45) is 0.856. The second kappa shape index (κ2) is 8.93. The van der Waals surface area contributed by atoms with Gasteiger partial charge in [-0.15, -0.1) is 0 Å². The highest BCUT2D eigenvalue weighted by Gasteiger charge is 2.11. The van der Waals surface area contributed by atoms with Gasteiger partial charge in [0.05, 0.1) is 19.8 Å². The van der Waals surface area contributed by atoms with Crippen LogP contribution < -0.4 is 25.8 Å². The number of guanidine groups is 1. The predicted octanol–water partition coefficient (Wildman–Crippen LogP) is 2.31. The summed E-state index contributed by atoms with van der Waals surface area (Å²) < 4.78 is 11.3. The second-order valence-electron chi connectivity index (χ2n) is 6.23. The molecule has 0 saturated heterocycles. The van der Waals surface area contributed by atoms with Gasteiger partial charge in [-0.1, -0.05) is 17.7 Å². The maximum atomic E-state index is 12.1. The summed E-state index contributed by atoms with van der Waals surface area (Å²) >= 11 is 0. The van der Waals surface area contributed by atoms with Crippen LogP contribution in [-0.4, -0.2) is 38.2 Å². The second-order valence-corrected chi connectivity index (χ2v) is 6.23. The van der Waals surface area contributed by atoms with Crippen molar-refractivity contribution in [1.29, 1.82) is 0 Å². The molecule has 0 saturated carbocycles. The average Bonchev–Trinajstić information content (AvgIpc) is 2.90. The van der Waals surface area contributed by atoms with Crippen LogP contribution in [0.3, 0.4) is 0 Å². The van der Waals surface area contributed by atoms with Crippen molar-refractivity contribution < 1.29 is 14.3 Å². The van der Waals surface area contributed by atoms with Crippen LogP contribution in [0, 0.1) is 6.92 Å². The Morgan fingerprint density at radius 2 is 1.96 bits per heavy atom. The number of ether oxygens (including phenoxy) is 2. The van der Waals surface area contributed by atoms with Crippen LogP contribution in [-0.2, 0) is 0 Å². The molecule has 0 radical (unpaired) electrons. The van der Waals surface area contributed by atoms with Crippen LogP contribution in [0.15, 0.2) is 47.5 Å². The molecule has 1 aliphatic rings. The first-order valence-corrected chi connectivity index (χ1v) is 8.93. The molecule has 1 amide bonds. The van der Waals surface area contributed by atoms with Crippen molar-refractivity contribution in [3.8, 4) is 11.5 Å². The first-order chi connectivity index (χ1) is 13.1. The Morgan fingerprint density at radius 1 is 1.15 bits per heavy atom. The molecule has 2 aromatic carbocycles. The third-order valence-electron chi connectivity index (χ3n) is 3.98. The van der Waals surface area contributed by atoms with E-state index >= 15 is 0 Å². The summed E-state index contributed by atoms with van der Waals surface area (Å²) in [7, 11) is 0. The van der Waals surface area contributed by atoms with Gasteiger partial charge in [0.15, 0.2) is 17.5 Å². The molecule has 1 aliphatic heterocycles. The van der Waals surface area contributed by atoms with E-state index < -0.39 is 0 Å². The van der Waals surface area contributed by atoms with E-state index in [1.807, 2.05) is 43.3 Å². The minimum Gasteiger partial charge on any atom is -0.490 e. The highest BCUT2D eigenvalue weighted by atomic mass is 16.5. The van der Waals surface area contributed by atoms with Crippen molar-refractivity contribution in [2.45, 2.75) is 13.3 Å². The third kappa shape index (κ3) is 5.37. The van der Waals surface area contributed by atoms with Gasteiger partial charge in [-0.2, -0.15) is 0 Å².